The van der Waals surface area contributed by atoms with Gasteiger partial charge in [-0.1, -0.05) is 0 Å². The van der Waals surface area contributed by atoms with Crippen molar-refractivity contribution in [2.24, 2.45) is 0 Å². The van der Waals surface area contributed by atoms with Crippen LogP contribution in [0.25, 0.3) is 0 Å². The van der Waals surface area contributed by atoms with E-state index < -0.39 is 0 Å². The maximum atomic E-state index is 0. The Hall–Kier alpha value is 2.84. The van der Waals surface area contributed by atoms with Crippen molar-refractivity contribution in [2.45, 2.75) is 0 Å². The number of rotatable bonds is 0. The van der Waals surface area contributed by atoms with E-state index in [1.807, 2.05) is 0 Å². The zero-order chi connectivity index (χ0) is 0. The normalized spacial score (nSPS) is 0. The first-order valence-corrected chi connectivity index (χ1v) is 0. The molecule has 0 bridgehead atoms. The van der Waals surface area contributed by atoms with Gasteiger partial charge in [0.05, 0.1) is 0 Å². The van der Waals surface area contributed by atoms with Crippen LogP contribution in [0.15, 0.2) is 0 Å². The number of hydrogen-bond acceptors (Lipinski definition) is 0. The molecule has 0 fully saturated rings. The molecule has 0 unspecified atom stereocenters. The summed E-state index contributed by atoms with van der Waals surface area (Å²) >= 11 is 0. The average Bonchev–Trinajstić information content (AvgIpc) is 0. The summed E-state index contributed by atoms with van der Waals surface area (Å²) in [6.45, 7) is 0. The van der Waals surface area contributed by atoms with Crippen LogP contribution in [0.1, 0.15) is 0 Å². The molecule has 0 nitrogen and oxygen atoms in total. The second-order valence-electron chi connectivity index (χ2n) is 0. The van der Waals surface area contributed by atoms with Gasteiger partial charge in [0.1, 0.15) is 0 Å². The van der Waals surface area contributed by atoms with Gasteiger partial charge in [0.25, 0.3) is 0 Å². The van der Waals surface area contributed by atoms with Crippen molar-refractivity contribution < 1.29 is 0 Å². The summed E-state index contributed by atoms with van der Waals surface area (Å²) in [5.41, 5.74) is 0. The topological polar surface area (TPSA) is 0 Å². The van der Waals surface area contributed by atoms with Crippen LogP contribution in [0.3, 0.4) is 0 Å². The third-order valence-corrected chi connectivity index (χ3v) is 0. The quantitative estimate of drug-likeness (QED) is 0.390. The molecule has 0 aromatic heterocycles. The Labute approximate surface area is 85.4 Å². The van der Waals surface area contributed by atoms with Crippen LogP contribution in [0.5, 0.6) is 0 Å². The van der Waals surface area contributed by atoms with Gasteiger partial charge in [-0.3, -0.25) is 0 Å². The Kier molecular flexibility index (Phi) is 123. The van der Waals surface area contributed by atoms with E-state index in [-0.39, 0.29) is 86.9 Å². The summed E-state index contributed by atoms with van der Waals surface area (Å²) in [6.07, 6.45) is 0. The van der Waals surface area contributed by atoms with E-state index in [4.69, 9.17) is 0 Å². The number of hydrogen-bond donors (Lipinski definition) is 0. The van der Waals surface area contributed by atoms with Gasteiger partial charge in [0.2, 0.25) is 0 Å². The van der Waals surface area contributed by atoms with E-state index in [2.05, 4.69) is 0 Å². The molecule has 0 aliphatic carbocycles. The van der Waals surface area contributed by atoms with Crippen LogP contribution in [-0.2, 0) is 0 Å². The van der Waals surface area contributed by atoms with Crippen LogP contribution in [0.2, 0.25) is 0 Å². The first-order chi connectivity index (χ1) is 0. The molecule has 24 valence electrons. The Bertz CT molecular complexity index is 8.00. The van der Waals surface area contributed by atoms with E-state index >= 15 is 0 Å². The minimum absolute atomic E-state index is 0. The molecule has 0 aromatic rings. The van der Waals surface area contributed by atoms with Gasteiger partial charge in [-0.05, 0) is 0 Å². The third kappa shape index (κ3) is 8.85. The monoisotopic (exact) mass is 342 g/mol. The zero-order valence-corrected chi connectivity index (χ0v) is 4.74. The third-order valence-electron chi connectivity index (χ3n) is 0. The predicted octanol–water partition coefficient (Wildman–Crippen LogP) is -4.47. The SMILES string of the molecule is [AlH3].[GaH3].[InH3].[SnH2]. The summed E-state index contributed by atoms with van der Waals surface area (Å²) in [5, 5.41) is 0. The van der Waals surface area contributed by atoms with Crippen molar-refractivity contribution in [3.8, 4) is 0 Å². The van der Waals surface area contributed by atoms with Crippen LogP contribution in [-0.4, -0.2) is 86.9 Å². The summed E-state index contributed by atoms with van der Waals surface area (Å²) in [5.74, 6) is 0. The van der Waals surface area contributed by atoms with Crippen molar-refractivity contribution in [1.29, 1.82) is 0 Å². The minimum atomic E-state index is 0. The fourth-order valence-corrected chi connectivity index (χ4v) is 0. The summed E-state index contributed by atoms with van der Waals surface area (Å²) in [7, 11) is 0. The van der Waals surface area contributed by atoms with Crippen molar-refractivity contribution in [3.63, 3.8) is 0 Å². The molecule has 0 atom stereocenters. The van der Waals surface area contributed by atoms with Gasteiger partial charge < -0.3 is 0 Å². The molecule has 0 spiro atoms. The van der Waals surface area contributed by atoms with E-state index in [1.54, 1.807) is 0 Å². The van der Waals surface area contributed by atoms with E-state index in [1.165, 1.54) is 0 Å². The summed E-state index contributed by atoms with van der Waals surface area (Å²) < 4.78 is 0. The Morgan fingerprint density at radius 1 is 1.00 bits per heavy atom. The van der Waals surface area contributed by atoms with Gasteiger partial charge >= 0.3 is 69.5 Å². The van der Waals surface area contributed by atoms with Gasteiger partial charge in [-0.2, -0.15) is 0 Å². The second kappa shape index (κ2) is 17.0. The fraction of sp³-hybridized carbons (Fsp3) is 0. The molecule has 2 radical (unpaired) electrons. The maximum absolute atomic E-state index is 0. The zero-order valence-electron chi connectivity index (χ0n) is 0.707. The fourth-order valence-electron chi connectivity index (χ4n) is 0. The molecule has 4 heteroatoms. The van der Waals surface area contributed by atoms with Gasteiger partial charge in [-0.25, -0.2) is 0 Å². The molecule has 0 aromatic carbocycles. The van der Waals surface area contributed by atoms with E-state index in [9.17, 15) is 0 Å². The molecule has 0 aliphatic rings. The van der Waals surface area contributed by atoms with Crippen LogP contribution >= 0.6 is 0 Å². The van der Waals surface area contributed by atoms with Gasteiger partial charge in [-0.15, -0.1) is 0 Å². The van der Waals surface area contributed by atoms with Crippen LogP contribution in [0, 0.1) is 0 Å². The molecular weight excluding hydrogens is 330 g/mol. The van der Waals surface area contributed by atoms with E-state index in [0.717, 1.165) is 0 Å². The van der Waals surface area contributed by atoms with Gasteiger partial charge in [0, 0.05) is 0 Å². The Morgan fingerprint density at radius 2 is 1.00 bits per heavy atom. The second-order valence-corrected chi connectivity index (χ2v) is 0. The Balaban J connectivity index is 0. The molecular formula is H11AlGaInSn. The molecule has 4 heavy (non-hydrogen) atoms. The van der Waals surface area contributed by atoms with Crippen LogP contribution in [0.4, 0.5) is 0 Å². The molecule has 0 saturated heterocycles. The van der Waals surface area contributed by atoms with Crippen molar-refractivity contribution in [2.75, 3.05) is 0 Å². The first-order valence-electron chi connectivity index (χ1n) is 0. The first kappa shape index (κ1) is 28.9. The van der Waals surface area contributed by atoms with E-state index in [0.29, 0.717) is 0 Å². The average molecular weight is 341 g/mol. The summed E-state index contributed by atoms with van der Waals surface area (Å²) in [4.78, 5) is 0. The summed E-state index contributed by atoms with van der Waals surface area (Å²) in [6, 6.07) is 0. The molecule has 0 N–H and O–H groups in total. The molecule has 0 rings (SSSR count). The molecule has 0 aliphatic heterocycles. The predicted molar refractivity (Wildman–Crippen MR) is 38.4 cm³/mol. The standard InChI is InChI=1S/Al.Ga.In.Sn.11H. The molecule has 0 amide bonds. The molecule has 0 saturated carbocycles. The van der Waals surface area contributed by atoms with Crippen molar-refractivity contribution >= 4 is 86.9 Å². The van der Waals surface area contributed by atoms with Gasteiger partial charge in [0.15, 0.2) is 17.4 Å². The Morgan fingerprint density at radius 3 is 1.00 bits per heavy atom. The van der Waals surface area contributed by atoms with Crippen molar-refractivity contribution in [1.82, 2.24) is 0 Å². The van der Waals surface area contributed by atoms with Crippen molar-refractivity contribution in [3.05, 3.63) is 0 Å². The van der Waals surface area contributed by atoms with Crippen LogP contribution < -0.4 is 0 Å². The molecule has 0 heterocycles.